The molecule has 3 rings (SSSR count). The van der Waals surface area contributed by atoms with E-state index in [1.807, 2.05) is 6.92 Å². The molecule has 7 heteroatoms. The maximum absolute atomic E-state index is 12.7. The first-order chi connectivity index (χ1) is 11.9. The lowest BCUT2D eigenvalue weighted by Crippen LogP contribution is -2.50. The van der Waals surface area contributed by atoms with Crippen LogP contribution in [0.5, 0.6) is 0 Å². The van der Waals surface area contributed by atoms with E-state index in [9.17, 15) is 13.2 Å². The second kappa shape index (κ2) is 7.15. The quantitative estimate of drug-likeness (QED) is 0.825. The van der Waals surface area contributed by atoms with Crippen molar-refractivity contribution in [2.45, 2.75) is 11.8 Å². The molecule has 5 nitrogen and oxygen atoms in total. The Morgan fingerprint density at radius 3 is 2.04 bits per heavy atom. The lowest BCUT2D eigenvalue weighted by molar-refractivity contribution is 0.0698. The van der Waals surface area contributed by atoms with Gasteiger partial charge in [-0.1, -0.05) is 29.3 Å². The fraction of sp³-hybridized carbons (Fsp3) is 0.278. The number of halogens is 1. The van der Waals surface area contributed by atoms with Crippen LogP contribution in [0, 0.1) is 6.92 Å². The zero-order valence-electron chi connectivity index (χ0n) is 13.9. The number of hydrogen-bond donors (Lipinski definition) is 0. The van der Waals surface area contributed by atoms with E-state index < -0.39 is 10.0 Å². The Kier molecular flexibility index (Phi) is 5.13. The number of sulfonamides is 1. The summed E-state index contributed by atoms with van der Waals surface area (Å²) in [6.45, 7) is 3.22. The topological polar surface area (TPSA) is 57.7 Å². The first kappa shape index (κ1) is 17.9. The fourth-order valence-electron chi connectivity index (χ4n) is 2.77. The van der Waals surface area contributed by atoms with Crippen molar-refractivity contribution in [3.63, 3.8) is 0 Å². The highest BCUT2D eigenvalue weighted by molar-refractivity contribution is 7.89. The predicted molar refractivity (Wildman–Crippen MR) is 97.3 cm³/mol. The van der Waals surface area contributed by atoms with Gasteiger partial charge in [-0.2, -0.15) is 4.31 Å². The van der Waals surface area contributed by atoms with Gasteiger partial charge in [0.15, 0.2) is 0 Å². The molecular weight excluding hydrogens is 360 g/mol. The molecule has 1 fully saturated rings. The second-order valence-corrected chi connectivity index (χ2v) is 8.39. The van der Waals surface area contributed by atoms with Crippen molar-refractivity contribution in [2.24, 2.45) is 0 Å². The van der Waals surface area contributed by atoms with Gasteiger partial charge < -0.3 is 4.90 Å². The van der Waals surface area contributed by atoms with Crippen LogP contribution in [0.25, 0.3) is 0 Å². The lowest BCUT2D eigenvalue weighted by Gasteiger charge is -2.34. The molecule has 0 radical (unpaired) electrons. The zero-order chi connectivity index (χ0) is 18.0. The van der Waals surface area contributed by atoms with Gasteiger partial charge in [-0.15, -0.1) is 0 Å². The maximum atomic E-state index is 12.7. The van der Waals surface area contributed by atoms with Crippen molar-refractivity contribution in [2.75, 3.05) is 26.2 Å². The van der Waals surface area contributed by atoms with E-state index in [1.54, 1.807) is 53.4 Å². The molecule has 25 heavy (non-hydrogen) atoms. The average Bonchev–Trinajstić information content (AvgIpc) is 2.62. The number of piperazine rings is 1. The first-order valence-electron chi connectivity index (χ1n) is 7.99. The highest BCUT2D eigenvalue weighted by Gasteiger charge is 2.30. The molecule has 0 N–H and O–H groups in total. The van der Waals surface area contributed by atoms with Crippen LogP contribution in [0.2, 0.25) is 5.02 Å². The summed E-state index contributed by atoms with van der Waals surface area (Å²) in [4.78, 5) is 14.4. The van der Waals surface area contributed by atoms with E-state index in [0.717, 1.165) is 5.56 Å². The summed E-state index contributed by atoms with van der Waals surface area (Å²) in [6, 6.07) is 13.5. The third kappa shape index (κ3) is 3.86. The molecule has 0 bridgehead atoms. The molecule has 132 valence electrons. The minimum atomic E-state index is -3.52. The van der Waals surface area contributed by atoms with Crippen molar-refractivity contribution in [3.8, 4) is 0 Å². The van der Waals surface area contributed by atoms with Crippen molar-refractivity contribution < 1.29 is 13.2 Å². The van der Waals surface area contributed by atoms with Crippen molar-refractivity contribution in [1.82, 2.24) is 9.21 Å². The van der Waals surface area contributed by atoms with E-state index in [0.29, 0.717) is 23.7 Å². The van der Waals surface area contributed by atoms with E-state index in [1.165, 1.54) is 4.31 Å². The van der Waals surface area contributed by atoms with Gasteiger partial charge in [0.2, 0.25) is 10.0 Å². The minimum Gasteiger partial charge on any atom is -0.336 e. The number of hydrogen-bond acceptors (Lipinski definition) is 3. The van der Waals surface area contributed by atoms with Gasteiger partial charge in [-0.05, 0) is 43.3 Å². The molecule has 0 saturated carbocycles. The smallest absolute Gasteiger partial charge is 0.253 e. The zero-order valence-corrected chi connectivity index (χ0v) is 15.4. The maximum Gasteiger partial charge on any atom is 0.253 e. The molecule has 1 aliphatic rings. The van der Waals surface area contributed by atoms with Crippen LogP contribution in [0.3, 0.4) is 0 Å². The Morgan fingerprint density at radius 2 is 1.48 bits per heavy atom. The van der Waals surface area contributed by atoms with Crippen molar-refractivity contribution in [3.05, 3.63) is 64.7 Å². The van der Waals surface area contributed by atoms with E-state index in [-0.39, 0.29) is 23.9 Å². The third-order valence-corrected chi connectivity index (χ3v) is 6.44. The van der Waals surface area contributed by atoms with E-state index in [2.05, 4.69) is 0 Å². The van der Waals surface area contributed by atoms with Gasteiger partial charge in [-0.3, -0.25) is 4.79 Å². The largest absolute Gasteiger partial charge is 0.336 e. The summed E-state index contributed by atoms with van der Waals surface area (Å²) in [5.41, 5.74) is 1.57. The Bertz CT molecular complexity index is 856. The molecule has 1 aliphatic heterocycles. The molecule has 2 aromatic carbocycles. The van der Waals surface area contributed by atoms with Crippen LogP contribution in [-0.4, -0.2) is 49.7 Å². The van der Waals surface area contributed by atoms with Gasteiger partial charge in [-0.25, -0.2) is 8.42 Å². The summed E-state index contributed by atoms with van der Waals surface area (Å²) in [5.74, 6) is -0.107. The van der Waals surface area contributed by atoms with Crippen LogP contribution in [0.4, 0.5) is 0 Å². The summed E-state index contributed by atoms with van der Waals surface area (Å²) in [6.07, 6.45) is 0. The first-order valence-corrected chi connectivity index (χ1v) is 9.81. The molecule has 0 atom stereocenters. The molecule has 0 aromatic heterocycles. The molecule has 1 amide bonds. The monoisotopic (exact) mass is 378 g/mol. The molecule has 1 heterocycles. The van der Waals surface area contributed by atoms with Crippen LogP contribution >= 0.6 is 11.6 Å². The Balaban J connectivity index is 1.68. The summed E-state index contributed by atoms with van der Waals surface area (Å²) < 4.78 is 26.8. The van der Waals surface area contributed by atoms with Crippen LogP contribution < -0.4 is 0 Å². The molecule has 0 aliphatic carbocycles. The number of carbonyl (C=O) groups excluding carboxylic acids is 1. The van der Waals surface area contributed by atoms with Gasteiger partial charge in [0.1, 0.15) is 0 Å². The van der Waals surface area contributed by atoms with Gasteiger partial charge in [0.25, 0.3) is 5.91 Å². The van der Waals surface area contributed by atoms with E-state index >= 15 is 0 Å². The number of carbonyl (C=O) groups is 1. The van der Waals surface area contributed by atoms with Crippen LogP contribution in [-0.2, 0) is 10.0 Å². The number of benzene rings is 2. The fourth-order valence-corrected chi connectivity index (χ4v) is 4.31. The number of amides is 1. The van der Waals surface area contributed by atoms with Gasteiger partial charge >= 0.3 is 0 Å². The number of nitrogens with zero attached hydrogens (tertiary/aromatic N) is 2. The second-order valence-electron chi connectivity index (χ2n) is 6.02. The molecule has 2 aromatic rings. The normalized spacial score (nSPS) is 16.0. The Labute approximate surface area is 152 Å². The summed E-state index contributed by atoms with van der Waals surface area (Å²) >= 11 is 5.84. The van der Waals surface area contributed by atoms with Crippen molar-refractivity contribution in [1.29, 1.82) is 0 Å². The van der Waals surface area contributed by atoms with Crippen molar-refractivity contribution >= 4 is 27.5 Å². The number of aryl methyl sites for hydroxylation is 1. The van der Waals surface area contributed by atoms with Crippen LogP contribution in [0.15, 0.2) is 53.4 Å². The highest BCUT2D eigenvalue weighted by atomic mass is 35.5. The predicted octanol–water partition coefficient (Wildman–Crippen LogP) is 2.80. The molecule has 0 unspecified atom stereocenters. The average molecular weight is 379 g/mol. The lowest BCUT2D eigenvalue weighted by atomic mass is 10.2. The third-order valence-electron chi connectivity index (χ3n) is 4.28. The Morgan fingerprint density at radius 1 is 0.920 bits per heavy atom. The molecule has 0 spiro atoms. The van der Waals surface area contributed by atoms with E-state index in [4.69, 9.17) is 11.6 Å². The summed E-state index contributed by atoms with van der Waals surface area (Å²) in [5, 5.41) is 0.575. The molecular formula is C18H19ClN2O3S. The van der Waals surface area contributed by atoms with Gasteiger partial charge in [0, 0.05) is 36.8 Å². The molecule has 1 saturated heterocycles. The minimum absolute atomic E-state index is 0.107. The van der Waals surface area contributed by atoms with Gasteiger partial charge in [0.05, 0.1) is 4.90 Å². The standard InChI is InChI=1S/C18H19ClN2O3S/c1-14-2-8-17(9-3-14)25(23,24)21-12-10-20(11-13-21)18(22)15-4-6-16(19)7-5-15/h2-9H,10-13H2,1H3. The van der Waals surface area contributed by atoms with Crippen LogP contribution in [0.1, 0.15) is 15.9 Å². The SMILES string of the molecule is Cc1ccc(S(=O)(=O)N2CCN(C(=O)c3ccc(Cl)cc3)CC2)cc1. The Hall–Kier alpha value is -1.89. The highest BCUT2D eigenvalue weighted by Crippen LogP contribution is 2.19. The summed E-state index contributed by atoms with van der Waals surface area (Å²) in [7, 11) is -3.52. The number of rotatable bonds is 3.